The van der Waals surface area contributed by atoms with Crippen LogP contribution >= 0.6 is 22.9 Å². The van der Waals surface area contributed by atoms with Gasteiger partial charge in [0, 0.05) is 6.54 Å². The topological polar surface area (TPSA) is 114 Å². The van der Waals surface area contributed by atoms with Crippen molar-refractivity contribution in [1.29, 1.82) is 0 Å². The highest BCUT2D eigenvalue weighted by molar-refractivity contribution is 7.17. The van der Waals surface area contributed by atoms with Crippen LogP contribution < -0.4 is 16.0 Å². The van der Waals surface area contributed by atoms with E-state index in [4.69, 9.17) is 17.3 Å². The third kappa shape index (κ3) is 4.85. The first-order valence-corrected chi connectivity index (χ1v) is 12.0. The minimum absolute atomic E-state index is 0.133. The Morgan fingerprint density at radius 3 is 2.58 bits per heavy atom. The number of thiophene rings is 1. The first-order valence-electron chi connectivity index (χ1n) is 10.8. The zero-order chi connectivity index (χ0) is 23.5. The van der Waals surface area contributed by atoms with Crippen molar-refractivity contribution in [2.24, 2.45) is 0 Å². The molecule has 4 aromatic rings. The van der Waals surface area contributed by atoms with Gasteiger partial charge in [-0.3, -0.25) is 4.90 Å². The van der Waals surface area contributed by atoms with Gasteiger partial charge in [-0.15, -0.1) is 16.4 Å². The number of pyridine rings is 1. The summed E-state index contributed by atoms with van der Waals surface area (Å²) < 4.78 is 2.32. The Morgan fingerprint density at radius 2 is 1.91 bits per heavy atom. The number of rotatable bonds is 9. The predicted molar refractivity (Wildman–Crippen MR) is 135 cm³/mol. The summed E-state index contributed by atoms with van der Waals surface area (Å²) in [5.74, 6) is 1.96. The largest absolute Gasteiger partial charge is 0.368 e. The number of hydrogen-bond acceptors (Lipinski definition) is 10. The fraction of sp³-hybridized carbons (Fsp3) is 0.381. The van der Waals surface area contributed by atoms with Gasteiger partial charge >= 0.3 is 0 Å². The zero-order valence-corrected chi connectivity index (χ0v) is 20.7. The van der Waals surface area contributed by atoms with Crippen molar-refractivity contribution < 1.29 is 0 Å². The fourth-order valence-corrected chi connectivity index (χ4v) is 4.57. The Labute approximate surface area is 201 Å². The Kier molecular flexibility index (Phi) is 6.91. The third-order valence-electron chi connectivity index (χ3n) is 5.36. The maximum atomic E-state index is 6.15. The van der Waals surface area contributed by atoms with Crippen molar-refractivity contribution in [2.75, 3.05) is 42.3 Å². The number of aromatic nitrogens is 6. The molecule has 10 nitrogen and oxygen atoms in total. The smallest absolute Gasteiger partial charge is 0.248 e. The SMILES string of the molecule is CCN(CC)CN(CC)c1ccc(Nc2nc(N)n(-c3nc(Cl)nc4c(C)csc34)n2)cn1. The van der Waals surface area contributed by atoms with E-state index in [2.05, 4.69) is 60.9 Å². The summed E-state index contributed by atoms with van der Waals surface area (Å²) in [5.41, 5.74) is 8.71. The van der Waals surface area contributed by atoms with Gasteiger partial charge in [-0.2, -0.15) is 14.6 Å². The lowest BCUT2D eigenvalue weighted by atomic mass is 10.3. The molecule has 12 heteroatoms. The van der Waals surface area contributed by atoms with Gasteiger partial charge in [0.25, 0.3) is 0 Å². The van der Waals surface area contributed by atoms with Gasteiger partial charge in [0.2, 0.25) is 17.2 Å². The van der Waals surface area contributed by atoms with Crippen LogP contribution in [-0.2, 0) is 0 Å². The van der Waals surface area contributed by atoms with Crippen molar-refractivity contribution in [3.05, 3.63) is 34.6 Å². The first kappa shape index (κ1) is 23.1. The van der Waals surface area contributed by atoms with Crippen LogP contribution in [0.25, 0.3) is 16.0 Å². The molecule has 0 bridgehead atoms. The number of nitrogen functional groups attached to an aromatic ring is 1. The van der Waals surface area contributed by atoms with Crippen LogP contribution in [0.5, 0.6) is 0 Å². The quantitative estimate of drug-likeness (QED) is 0.266. The Hall–Kier alpha value is -3.02. The van der Waals surface area contributed by atoms with Crippen molar-refractivity contribution in [2.45, 2.75) is 27.7 Å². The second kappa shape index (κ2) is 9.86. The molecule has 0 amide bonds. The van der Waals surface area contributed by atoms with Gasteiger partial charge in [0.1, 0.15) is 5.82 Å². The molecule has 0 unspecified atom stereocenters. The predicted octanol–water partition coefficient (Wildman–Crippen LogP) is 4.08. The van der Waals surface area contributed by atoms with Gasteiger partial charge in [-0.25, -0.2) is 9.97 Å². The van der Waals surface area contributed by atoms with Gasteiger partial charge in [-0.05, 0) is 61.6 Å². The van der Waals surface area contributed by atoms with E-state index < -0.39 is 0 Å². The van der Waals surface area contributed by atoms with E-state index >= 15 is 0 Å². The number of nitrogens with one attached hydrogen (secondary N) is 1. The molecule has 0 aromatic carbocycles. The molecule has 0 aliphatic heterocycles. The van der Waals surface area contributed by atoms with E-state index in [9.17, 15) is 0 Å². The van der Waals surface area contributed by atoms with Crippen molar-refractivity contribution in [3.63, 3.8) is 0 Å². The van der Waals surface area contributed by atoms with E-state index in [1.165, 1.54) is 16.0 Å². The molecule has 174 valence electrons. The summed E-state index contributed by atoms with van der Waals surface area (Å²) in [5, 5.41) is 9.79. The number of aryl methyl sites for hydroxylation is 1. The summed E-state index contributed by atoms with van der Waals surface area (Å²) >= 11 is 7.66. The Bertz CT molecular complexity index is 1230. The molecule has 33 heavy (non-hydrogen) atoms. The van der Waals surface area contributed by atoms with Crippen LogP contribution in [0.3, 0.4) is 0 Å². The average molecular weight is 487 g/mol. The van der Waals surface area contributed by atoms with Crippen LogP contribution in [0, 0.1) is 6.92 Å². The highest BCUT2D eigenvalue weighted by atomic mass is 35.5. The minimum atomic E-state index is 0.133. The Balaban J connectivity index is 1.55. The molecule has 4 aromatic heterocycles. The zero-order valence-electron chi connectivity index (χ0n) is 19.1. The van der Waals surface area contributed by atoms with Crippen molar-refractivity contribution >= 4 is 56.6 Å². The molecule has 3 N–H and O–H groups in total. The molecule has 0 fully saturated rings. The standard InChI is InChI=1S/C21H27ClN10S/c1-5-30(6-2)12-31(7-3)15-9-8-14(10-24-15)25-21-28-20(23)32(29-21)18-17-16(13(4)11-33-17)26-19(22)27-18/h8-11H,5-7,12H2,1-4H3,(H3,23,25,28,29). The molecular formula is C21H27ClN10S. The molecule has 0 aliphatic rings. The highest BCUT2D eigenvalue weighted by Gasteiger charge is 2.18. The minimum Gasteiger partial charge on any atom is -0.368 e. The highest BCUT2D eigenvalue weighted by Crippen LogP contribution is 2.30. The van der Waals surface area contributed by atoms with Gasteiger partial charge < -0.3 is 16.0 Å². The second-order valence-corrected chi connectivity index (χ2v) is 8.67. The van der Waals surface area contributed by atoms with Crippen molar-refractivity contribution in [1.82, 2.24) is 34.6 Å². The summed E-state index contributed by atoms with van der Waals surface area (Å²) in [6.07, 6.45) is 1.76. The summed E-state index contributed by atoms with van der Waals surface area (Å²) in [7, 11) is 0. The van der Waals surface area contributed by atoms with E-state index in [0.29, 0.717) is 11.8 Å². The van der Waals surface area contributed by atoms with Crippen molar-refractivity contribution in [3.8, 4) is 5.82 Å². The molecule has 4 rings (SSSR count). The second-order valence-electron chi connectivity index (χ2n) is 7.45. The lowest BCUT2D eigenvalue weighted by Crippen LogP contribution is -2.38. The van der Waals surface area contributed by atoms with E-state index in [0.717, 1.165) is 53.6 Å². The molecule has 0 saturated carbocycles. The lowest BCUT2D eigenvalue weighted by molar-refractivity contribution is 0.302. The van der Waals surface area contributed by atoms with E-state index in [1.807, 2.05) is 24.4 Å². The number of nitrogens with zero attached hydrogens (tertiary/aromatic N) is 8. The number of fused-ring (bicyclic) bond motifs is 1. The molecule has 0 radical (unpaired) electrons. The van der Waals surface area contributed by atoms with Crippen LogP contribution in [0.15, 0.2) is 23.7 Å². The third-order valence-corrected chi connectivity index (χ3v) is 6.61. The van der Waals surface area contributed by atoms with E-state index in [-0.39, 0.29) is 11.2 Å². The maximum Gasteiger partial charge on any atom is 0.248 e. The first-order chi connectivity index (χ1) is 15.9. The van der Waals surface area contributed by atoms with E-state index in [1.54, 1.807) is 6.20 Å². The lowest BCUT2D eigenvalue weighted by Gasteiger charge is -2.29. The molecule has 0 aliphatic carbocycles. The van der Waals surface area contributed by atoms with Crippen LogP contribution in [-0.4, -0.2) is 60.9 Å². The monoisotopic (exact) mass is 486 g/mol. The van der Waals surface area contributed by atoms with Gasteiger partial charge in [-0.1, -0.05) is 13.8 Å². The number of hydrogen-bond donors (Lipinski definition) is 2. The normalized spacial score (nSPS) is 11.5. The maximum absolute atomic E-state index is 6.15. The summed E-state index contributed by atoms with van der Waals surface area (Å²) in [6.45, 7) is 12.1. The molecule has 4 heterocycles. The van der Waals surface area contributed by atoms with Crippen LogP contribution in [0.1, 0.15) is 26.3 Å². The van der Waals surface area contributed by atoms with Crippen LogP contribution in [0.4, 0.5) is 23.4 Å². The average Bonchev–Trinajstić information content (AvgIpc) is 3.37. The van der Waals surface area contributed by atoms with Gasteiger partial charge in [0.15, 0.2) is 5.82 Å². The Morgan fingerprint density at radius 1 is 1.12 bits per heavy atom. The molecule has 0 saturated heterocycles. The fourth-order valence-electron chi connectivity index (χ4n) is 3.44. The summed E-state index contributed by atoms with van der Waals surface area (Å²) in [4.78, 5) is 22.2. The van der Waals surface area contributed by atoms with Gasteiger partial charge in [0.05, 0.1) is 28.8 Å². The number of anilines is 4. The summed E-state index contributed by atoms with van der Waals surface area (Å²) in [6, 6.07) is 3.93. The number of halogens is 1. The number of nitrogens with two attached hydrogens (primary N) is 1. The molecular weight excluding hydrogens is 460 g/mol. The van der Waals surface area contributed by atoms with Crippen LogP contribution in [0.2, 0.25) is 5.28 Å². The molecule has 0 atom stereocenters. The molecule has 0 spiro atoms.